The highest BCUT2D eigenvalue weighted by molar-refractivity contribution is 6.31. The molecule has 0 spiro atoms. The normalized spacial score (nSPS) is 16.6. The molecule has 0 saturated heterocycles. The first kappa shape index (κ1) is 13.6. The average molecular weight is 284 g/mol. The Bertz CT molecular complexity index is 545. The predicted molar refractivity (Wildman–Crippen MR) is 70.8 cm³/mol. The van der Waals surface area contributed by atoms with Crippen LogP contribution in [0.1, 0.15) is 13.8 Å². The zero-order chi connectivity index (χ0) is 14.2. The van der Waals surface area contributed by atoms with Gasteiger partial charge in [0.15, 0.2) is 5.60 Å². The van der Waals surface area contributed by atoms with Crippen molar-refractivity contribution in [1.29, 1.82) is 0 Å². The number of carbonyl (C=O) groups excluding carboxylic acids is 2. The number of carbonyl (C=O) groups is 2. The number of hydrogen-bond donors (Lipinski definition) is 2. The molecule has 102 valence electrons. The van der Waals surface area contributed by atoms with Crippen molar-refractivity contribution < 1.29 is 14.3 Å². The first-order chi connectivity index (χ1) is 8.85. The second-order valence-electron chi connectivity index (χ2n) is 4.68. The van der Waals surface area contributed by atoms with Crippen molar-refractivity contribution in [1.82, 2.24) is 5.43 Å². The van der Waals surface area contributed by atoms with Gasteiger partial charge in [0, 0.05) is 5.02 Å². The molecule has 0 aromatic heterocycles. The minimum Gasteiger partial charge on any atom is -0.476 e. The number of nitrogens with one attached hydrogen (secondary N) is 1. The van der Waals surface area contributed by atoms with Crippen LogP contribution in [0.25, 0.3) is 0 Å². The van der Waals surface area contributed by atoms with Crippen LogP contribution >= 0.6 is 11.6 Å². The Morgan fingerprint density at radius 2 is 2.21 bits per heavy atom. The first-order valence-electron chi connectivity index (χ1n) is 5.65. The highest BCUT2D eigenvalue weighted by Crippen LogP contribution is 2.39. The molecule has 19 heavy (non-hydrogen) atoms. The van der Waals surface area contributed by atoms with Crippen LogP contribution in [0, 0.1) is 0 Å². The summed E-state index contributed by atoms with van der Waals surface area (Å²) < 4.78 is 5.62. The van der Waals surface area contributed by atoms with Gasteiger partial charge in [-0.05, 0) is 32.0 Å². The smallest absolute Gasteiger partial charge is 0.271 e. The Balaban J connectivity index is 2.47. The van der Waals surface area contributed by atoms with Gasteiger partial charge in [0.25, 0.3) is 11.8 Å². The number of ether oxygens (including phenoxy) is 1. The molecule has 0 radical (unpaired) electrons. The van der Waals surface area contributed by atoms with Crippen molar-refractivity contribution in [2.24, 2.45) is 5.84 Å². The van der Waals surface area contributed by atoms with E-state index in [0.717, 1.165) is 0 Å². The summed E-state index contributed by atoms with van der Waals surface area (Å²) in [5, 5.41) is 0.452. The molecule has 0 bridgehead atoms. The summed E-state index contributed by atoms with van der Waals surface area (Å²) in [4.78, 5) is 25.0. The summed E-state index contributed by atoms with van der Waals surface area (Å²) in [5.74, 6) is 4.75. The molecule has 6 nitrogen and oxygen atoms in total. The maximum absolute atomic E-state index is 12.3. The molecule has 2 rings (SSSR count). The van der Waals surface area contributed by atoms with Crippen molar-refractivity contribution in [2.75, 3.05) is 11.4 Å². The zero-order valence-corrected chi connectivity index (χ0v) is 11.3. The van der Waals surface area contributed by atoms with E-state index in [4.69, 9.17) is 22.2 Å². The van der Waals surface area contributed by atoms with Crippen molar-refractivity contribution in [3.63, 3.8) is 0 Å². The number of fused-ring (bicyclic) bond motifs is 1. The third-order valence-corrected chi connectivity index (χ3v) is 3.03. The zero-order valence-electron chi connectivity index (χ0n) is 10.6. The number of rotatable bonds is 2. The van der Waals surface area contributed by atoms with E-state index in [1.54, 1.807) is 32.0 Å². The quantitative estimate of drug-likeness (QED) is 0.478. The number of halogens is 1. The van der Waals surface area contributed by atoms with Crippen LogP contribution in [0.2, 0.25) is 5.02 Å². The van der Waals surface area contributed by atoms with E-state index in [9.17, 15) is 9.59 Å². The van der Waals surface area contributed by atoms with E-state index < -0.39 is 11.5 Å². The number of hydrogen-bond acceptors (Lipinski definition) is 4. The second-order valence-corrected chi connectivity index (χ2v) is 5.12. The fourth-order valence-electron chi connectivity index (χ4n) is 1.89. The molecule has 2 amide bonds. The lowest BCUT2D eigenvalue weighted by molar-refractivity contribution is -0.134. The third kappa shape index (κ3) is 2.50. The average Bonchev–Trinajstić information content (AvgIpc) is 2.35. The van der Waals surface area contributed by atoms with E-state index in [2.05, 4.69) is 0 Å². The fourth-order valence-corrected chi connectivity index (χ4v) is 2.05. The summed E-state index contributed by atoms with van der Waals surface area (Å²) in [6.45, 7) is 3.09. The van der Waals surface area contributed by atoms with Crippen LogP contribution in [0.15, 0.2) is 18.2 Å². The summed E-state index contributed by atoms with van der Waals surface area (Å²) in [6.07, 6.45) is 0. The standard InChI is InChI=1S/C12H14ClN3O3/c1-12(2)11(18)16(6-10(17)15-14)8-5-7(13)3-4-9(8)19-12/h3-5H,6,14H2,1-2H3,(H,15,17). The Morgan fingerprint density at radius 3 is 2.84 bits per heavy atom. The molecule has 1 heterocycles. The number of hydrazine groups is 1. The van der Waals surface area contributed by atoms with Gasteiger partial charge in [0.05, 0.1) is 5.69 Å². The Morgan fingerprint density at radius 1 is 1.53 bits per heavy atom. The largest absolute Gasteiger partial charge is 0.476 e. The van der Waals surface area contributed by atoms with Gasteiger partial charge in [-0.1, -0.05) is 11.6 Å². The molecule has 1 aliphatic rings. The van der Waals surface area contributed by atoms with Crippen LogP contribution < -0.4 is 20.9 Å². The highest BCUT2D eigenvalue weighted by Gasteiger charge is 2.41. The van der Waals surface area contributed by atoms with E-state index in [0.29, 0.717) is 16.5 Å². The molecule has 0 unspecified atom stereocenters. The molecule has 0 saturated carbocycles. The van der Waals surface area contributed by atoms with Gasteiger partial charge >= 0.3 is 0 Å². The van der Waals surface area contributed by atoms with Crippen LogP contribution in [-0.4, -0.2) is 24.0 Å². The van der Waals surface area contributed by atoms with Crippen molar-refractivity contribution in [2.45, 2.75) is 19.4 Å². The fraction of sp³-hybridized carbons (Fsp3) is 0.333. The number of nitrogens with two attached hydrogens (primary N) is 1. The maximum Gasteiger partial charge on any atom is 0.271 e. The topological polar surface area (TPSA) is 84.7 Å². The SMILES string of the molecule is CC1(C)Oc2ccc(Cl)cc2N(CC(=O)NN)C1=O. The number of amides is 2. The van der Waals surface area contributed by atoms with Gasteiger partial charge in [0.2, 0.25) is 0 Å². The van der Waals surface area contributed by atoms with E-state index in [1.165, 1.54) is 4.90 Å². The van der Waals surface area contributed by atoms with Gasteiger partial charge in [0.1, 0.15) is 12.3 Å². The lowest BCUT2D eigenvalue weighted by atomic mass is 10.0. The lowest BCUT2D eigenvalue weighted by Crippen LogP contribution is -2.55. The molecule has 0 atom stereocenters. The van der Waals surface area contributed by atoms with Gasteiger partial charge in [-0.15, -0.1) is 0 Å². The van der Waals surface area contributed by atoms with Crippen LogP contribution in [-0.2, 0) is 9.59 Å². The summed E-state index contributed by atoms with van der Waals surface area (Å²) in [6, 6.07) is 4.90. The van der Waals surface area contributed by atoms with Crippen LogP contribution in [0.5, 0.6) is 5.75 Å². The first-order valence-corrected chi connectivity index (χ1v) is 6.03. The van der Waals surface area contributed by atoms with Crippen LogP contribution in [0.4, 0.5) is 5.69 Å². The second kappa shape index (κ2) is 4.71. The number of benzene rings is 1. The molecule has 7 heteroatoms. The molecular weight excluding hydrogens is 270 g/mol. The van der Waals surface area contributed by atoms with Crippen LogP contribution in [0.3, 0.4) is 0 Å². The minimum absolute atomic E-state index is 0.185. The van der Waals surface area contributed by atoms with Gasteiger partial charge in [-0.2, -0.15) is 0 Å². The molecule has 3 N–H and O–H groups in total. The van der Waals surface area contributed by atoms with E-state index in [-0.39, 0.29) is 12.5 Å². The molecule has 1 aromatic rings. The van der Waals surface area contributed by atoms with E-state index in [1.807, 2.05) is 5.43 Å². The Hall–Kier alpha value is -1.79. The predicted octanol–water partition coefficient (Wildman–Crippen LogP) is 0.834. The molecule has 0 fully saturated rings. The summed E-state index contributed by atoms with van der Waals surface area (Å²) in [5.41, 5.74) is 1.41. The summed E-state index contributed by atoms with van der Waals surface area (Å²) in [7, 11) is 0. The van der Waals surface area contributed by atoms with Crippen molar-refractivity contribution in [3.05, 3.63) is 23.2 Å². The highest BCUT2D eigenvalue weighted by atomic mass is 35.5. The van der Waals surface area contributed by atoms with Crippen molar-refractivity contribution in [3.8, 4) is 5.75 Å². The summed E-state index contributed by atoms with van der Waals surface area (Å²) >= 11 is 5.91. The Kier molecular flexibility index (Phi) is 3.38. The minimum atomic E-state index is -1.05. The lowest BCUT2D eigenvalue weighted by Gasteiger charge is -2.38. The molecule has 1 aromatic carbocycles. The maximum atomic E-state index is 12.3. The third-order valence-electron chi connectivity index (χ3n) is 2.80. The van der Waals surface area contributed by atoms with Gasteiger partial charge in [-0.3, -0.25) is 19.9 Å². The van der Waals surface area contributed by atoms with E-state index >= 15 is 0 Å². The van der Waals surface area contributed by atoms with Crippen molar-refractivity contribution >= 4 is 29.1 Å². The Labute approximate surface area is 115 Å². The van der Waals surface area contributed by atoms with Gasteiger partial charge in [-0.25, -0.2) is 5.84 Å². The molecule has 0 aliphatic carbocycles. The number of nitrogens with zero attached hydrogens (tertiary/aromatic N) is 1. The van der Waals surface area contributed by atoms with Gasteiger partial charge < -0.3 is 4.74 Å². The molecular formula is C12H14ClN3O3. The monoisotopic (exact) mass is 283 g/mol. The molecule has 1 aliphatic heterocycles. The number of anilines is 1.